The van der Waals surface area contributed by atoms with E-state index >= 15 is 0 Å². The Morgan fingerprint density at radius 3 is 1.16 bits per heavy atom. The molecule has 1 nitrogen and oxygen atoms in total. The first-order valence-electron chi connectivity index (χ1n) is 10.7. The fourth-order valence-corrected chi connectivity index (χ4v) is 3.68. The zero-order valence-corrected chi connectivity index (χ0v) is 18.5. The highest BCUT2D eigenvalue weighted by Crippen LogP contribution is 2.36. The van der Waals surface area contributed by atoms with Crippen LogP contribution in [0.3, 0.4) is 0 Å². The Hall–Kier alpha value is -3.16. The molecule has 0 saturated heterocycles. The SMILES string of the molecule is C=CCC(C=Cc1ccccc1)(CC=C)OC(C=Cc1ccccc1)(CC=C)CC=C. The summed E-state index contributed by atoms with van der Waals surface area (Å²) in [4.78, 5) is 0. The van der Waals surface area contributed by atoms with Crippen LogP contribution in [0.25, 0.3) is 12.2 Å². The average Bonchev–Trinajstić information content (AvgIpc) is 2.79. The Labute approximate surface area is 188 Å². The zero-order chi connectivity index (χ0) is 22.4. The van der Waals surface area contributed by atoms with Crippen LogP contribution in [0.5, 0.6) is 0 Å². The summed E-state index contributed by atoms with van der Waals surface area (Å²) in [5, 5.41) is 0. The van der Waals surface area contributed by atoms with Crippen molar-refractivity contribution in [1.82, 2.24) is 0 Å². The lowest BCUT2D eigenvalue weighted by atomic mass is 9.88. The standard InChI is InChI=1S/C30H34O/c1-5-21-29(22-6-2,25-19-27-15-11-9-12-16-27)31-30(23-7-3,24-8-4)26-20-28-17-13-10-14-18-28/h5-20,25-26H,1-4,21-24H2. The van der Waals surface area contributed by atoms with Crippen molar-refractivity contribution >= 4 is 12.2 Å². The van der Waals surface area contributed by atoms with E-state index < -0.39 is 11.2 Å². The van der Waals surface area contributed by atoms with Crippen LogP contribution in [-0.4, -0.2) is 11.2 Å². The molecule has 1 heteroatoms. The van der Waals surface area contributed by atoms with E-state index in [0.29, 0.717) is 25.7 Å². The van der Waals surface area contributed by atoms with E-state index in [4.69, 9.17) is 4.74 Å². The fourth-order valence-electron chi connectivity index (χ4n) is 3.68. The Bertz CT molecular complexity index is 791. The van der Waals surface area contributed by atoms with E-state index in [1.807, 2.05) is 60.7 Å². The van der Waals surface area contributed by atoms with Crippen molar-refractivity contribution in [1.29, 1.82) is 0 Å². The second kappa shape index (κ2) is 12.5. The molecule has 0 spiro atoms. The predicted octanol–water partition coefficient (Wildman–Crippen LogP) is 8.21. The molecule has 2 aromatic carbocycles. The Morgan fingerprint density at radius 1 is 0.548 bits per heavy atom. The van der Waals surface area contributed by atoms with Crippen LogP contribution in [0.2, 0.25) is 0 Å². The Balaban J connectivity index is 2.48. The second-order valence-electron chi connectivity index (χ2n) is 7.69. The van der Waals surface area contributed by atoms with Crippen molar-refractivity contribution < 1.29 is 4.74 Å². The van der Waals surface area contributed by atoms with Crippen LogP contribution in [-0.2, 0) is 4.74 Å². The van der Waals surface area contributed by atoms with Crippen molar-refractivity contribution in [2.75, 3.05) is 0 Å². The average molecular weight is 411 g/mol. The highest BCUT2D eigenvalue weighted by atomic mass is 16.5. The van der Waals surface area contributed by atoms with Gasteiger partial charge in [-0.2, -0.15) is 0 Å². The minimum atomic E-state index is -0.577. The Kier molecular flexibility index (Phi) is 9.74. The van der Waals surface area contributed by atoms with Crippen molar-refractivity contribution in [3.8, 4) is 0 Å². The summed E-state index contributed by atoms with van der Waals surface area (Å²) in [6.45, 7) is 16.0. The molecule has 2 aromatic rings. The van der Waals surface area contributed by atoms with Gasteiger partial charge >= 0.3 is 0 Å². The lowest BCUT2D eigenvalue weighted by Crippen LogP contribution is -2.42. The summed E-state index contributed by atoms with van der Waals surface area (Å²) < 4.78 is 6.97. The van der Waals surface area contributed by atoms with Gasteiger partial charge in [0.25, 0.3) is 0 Å². The minimum Gasteiger partial charge on any atom is -0.359 e. The molecule has 0 aliphatic carbocycles. The molecule has 0 aromatic heterocycles. The van der Waals surface area contributed by atoms with Crippen LogP contribution < -0.4 is 0 Å². The molecule has 0 bridgehead atoms. The molecule has 0 amide bonds. The van der Waals surface area contributed by atoms with Gasteiger partial charge in [-0.1, -0.05) is 109 Å². The van der Waals surface area contributed by atoms with E-state index in [2.05, 4.69) is 74.9 Å². The highest BCUT2D eigenvalue weighted by molar-refractivity contribution is 5.52. The molecule has 0 aliphatic heterocycles. The second-order valence-corrected chi connectivity index (χ2v) is 7.69. The number of ether oxygens (including phenoxy) is 1. The maximum absolute atomic E-state index is 6.97. The summed E-state index contributed by atoms with van der Waals surface area (Å²) in [6, 6.07) is 20.5. The van der Waals surface area contributed by atoms with E-state index in [1.165, 1.54) is 0 Å². The van der Waals surface area contributed by atoms with E-state index in [-0.39, 0.29) is 0 Å². The molecule has 0 aliphatic rings. The summed E-state index contributed by atoms with van der Waals surface area (Å²) in [5.41, 5.74) is 1.10. The summed E-state index contributed by atoms with van der Waals surface area (Å²) in [5.74, 6) is 0. The van der Waals surface area contributed by atoms with Gasteiger partial charge in [0, 0.05) is 0 Å². The molecular formula is C30H34O. The third-order valence-electron chi connectivity index (χ3n) is 5.12. The maximum Gasteiger partial charge on any atom is 0.0946 e. The number of rotatable bonds is 14. The molecule has 0 heterocycles. The third-order valence-corrected chi connectivity index (χ3v) is 5.12. The molecule has 2 rings (SSSR count). The molecule has 0 atom stereocenters. The van der Waals surface area contributed by atoms with Gasteiger partial charge < -0.3 is 4.74 Å². The predicted molar refractivity (Wildman–Crippen MR) is 137 cm³/mol. The molecule has 0 unspecified atom stereocenters. The van der Waals surface area contributed by atoms with Crippen LogP contribution in [0.15, 0.2) is 123 Å². The lowest BCUT2D eigenvalue weighted by Gasteiger charge is -2.40. The van der Waals surface area contributed by atoms with Gasteiger partial charge in [0.2, 0.25) is 0 Å². The maximum atomic E-state index is 6.97. The molecule has 160 valence electrons. The van der Waals surface area contributed by atoms with Gasteiger partial charge in [-0.05, 0) is 36.8 Å². The smallest absolute Gasteiger partial charge is 0.0946 e. The molecule has 0 fully saturated rings. The number of hydrogen-bond acceptors (Lipinski definition) is 1. The number of hydrogen-bond donors (Lipinski definition) is 0. The van der Waals surface area contributed by atoms with Crippen molar-refractivity contribution in [3.63, 3.8) is 0 Å². The third kappa shape index (κ3) is 7.55. The Morgan fingerprint density at radius 2 is 0.871 bits per heavy atom. The van der Waals surface area contributed by atoms with Crippen LogP contribution in [0, 0.1) is 0 Å². The monoisotopic (exact) mass is 410 g/mol. The fraction of sp³-hybridized carbons (Fsp3) is 0.200. The summed E-state index contributed by atoms with van der Waals surface area (Å²) >= 11 is 0. The molecule has 0 radical (unpaired) electrons. The van der Waals surface area contributed by atoms with Crippen LogP contribution in [0.4, 0.5) is 0 Å². The van der Waals surface area contributed by atoms with Crippen molar-refractivity contribution in [2.45, 2.75) is 36.9 Å². The van der Waals surface area contributed by atoms with E-state index in [9.17, 15) is 0 Å². The molecular weight excluding hydrogens is 376 g/mol. The number of benzene rings is 2. The van der Waals surface area contributed by atoms with Gasteiger partial charge in [0.1, 0.15) is 0 Å². The normalized spacial score (nSPS) is 12.1. The highest BCUT2D eigenvalue weighted by Gasteiger charge is 2.36. The zero-order valence-electron chi connectivity index (χ0n) is 18.5. The largest absolute Gasteiger partial charge is 0.359 e. The van der Waals surface area contributed by atoms with Gasteiger partial charge in [-0.3, -0.25) is 0 Å². The molecule has 0 saturated carbocycles. The van der Waals surface area contributed by atoms with Crippen LogP contribution in [0.1, 0.15) is 36.8 Å². The van der Waals surface area contributed by atoms with Gasteiger partial charge in [-0.15, -0.1) is 26.3 Å². The summed E-state index contributed by atoms with van der Waals surface area (Å²) in [7, 11) is 0. The van der Waals surface area contributed by atoms with Gasteiger partial charge in [0.05, 0.1) is 11.2 Å². The van der Waals surface area contributed by atoms with Gasteiger partial charge in [0.15, 0.2) is 0 Å². The quantitative estimate of drug-likeness (QED) is 0.285. The molecule has 31 heavy (non-hydrogen) atoms. The molecule has 0 N–H and O–H groups in total. The lowest BCUT2D eigenvalue weighted by molar-refractivity contribution is -0.101. The van der Waals surface area contributed by atoms with E-state index in [1.54, 1.807) is 0 Å². The van der Waals surface area contributed by atoms with Gasteiger partial charge in [-0.25, -0.2) is 0 Å². The first-order chi connectivity index (χ1) is 15.1. The van der Waals surface area contributed by atoms with Crippen LogP contribution >= 0.6 is 0 Å². The summed E-state index contributed by atoms with van der Waals surface area (Å²) in [6.07, 6.45) is 18.8. The van der Waals surface area contributed by atoms with E-state index in [0.717, 1.165) is 11.1 Å². The minimum absolute atomic E-state index is 0.577. The topological polar surface area (TPSA) is 9.23 Å². The first-order valence-corrected chi connectivity index (χ1v) is 10.7. The first kappa shape index (κ1) is 24.1. The van der Waals surface area contributed by atoms with Crippen molar-refractivity contribution in [2.24, 2.45) is 0 Å². The van der Waals surface area contributed by atoms with Crippen molar-refractivity contribution in [3.05, 3.63) is 135 Å².